The quantitative estimate of drug-likeness (QED) is 0.435. The summed E-state index contributed by atoms with van der Waals surface area (Å²) in [5.74, 6) is 0.799. The van der Waals surface area contributed by atoms with E-state index in [1.165, 1.54) is 0 Å². The highest BCUT2D eigenvalue weighted by Crippen LogP contribution is 2.23. The fraction of sp³-hybridized carbons (Fsp3) is 1.00. The first-order valence-electron chi connectivity index (χ1n) is 2.94. The molecule has 0 aliphatic rings. The van der Waals surface area contributed by atoms with Crippen molar-refractivity contribution in [2.24, 2.45) is 11.3 Å². The zero-order chi connectivity index (χ0) is 6.08. The highest BCUT2D eigenvalue weighted by molar-refractivity contribution is 5.75. The summed E-state index contributed by atoms with van der Waals surface area (Å²) in [5, 5.41) is 0. The maximum Gasteiger partial charge on any atom is -0.0149 e. The van der Waals surface area contributed by atoms with E-state index < -0.39 is 0 Å². The molecule has 1 heteroatoms. The molecule has 0 aromatic carbocycles. The summed E-state index contributed by atoms with van der Waals surface area (Å²) in [5.41, 5.74) is 0.500. The van der Waals surface area contributed by atoms with Crippen LogP contribution in [0, 0.1) is 11.3 Å². The Balaban J connectivity index is 0. The maximum atomic E-state index is 2.26. The summed E-state index contributed by atoms with van der Waals surface area (Å²) < 4.78 is 0. The number of rotatable bonds is 0. The van der Waals surface area contributed by atoms with Gasteiger partial charge in [-0.3, -0.25) is 0 Å². The molecule has 0 fully saturated rings. The molecule has 8 heavy (non-hydrogen) atoms. The molecule has 0 N–H and O–H groups in total. The third-order valence-electron chi connectivity index (χ3n) is 1.73. The van der Waals surface area contributed by atoms with Crippen LogP contribution in [0.1, 0.15) is 34.6 Å². The molecule has 0 aliphatic heterocycles. The topological polar surface area (TPSA) is 0 Å². The minimum atomic E-state index is 0. The second kappa shape index (κ2) is 3.28. The predicted molar refractivity (Wildman–Crippen MR) is 45.6 cm³/mol. The smallest absolute Gasteiger partial charge is 0.0149 e. The Hall–Kier alpha value is 0.217. The summed E-state index contributed by atoms with van der Waals surface area (Å²) in [4.78, 5) is 0. The molecule has 0 radical (unpaired) electrons. The molecule has 0 atom stereocenters. The van der Waals surface area contributed by atoms with Crippen LogP contribution in [0.4, 0.5) is 0 Å². The first kappa shape index (κ1) is 11.1. The van der Waals surface area contributed by atoms with Gasteiger partial charge in [0.25, 0.3) is 0 Å². The Bertz CT molecular complexity index is 49.9. The lowest BCUT2D eigenvalue weighted by Crippen LogP contribution is -2.12. The molecule has 0 aromatic rings. The molecule has 0 bridgehead atoms. The molecule has 0 spiro atoms. The van der Waals surface area contributed by atoms with Gasteiger partial charge in [0.1, 0.15) is 0 Å². The van der Waals surface area contributed by atoms with E-state index in [4.69, 9.17) is 0 Å². The van der Waals surface area contributed by atoms with E-state index in [1.54, 1.807) is 0 Å². The standard InChI is InChI=1S/C7H16.H4Si/c1-6(2)7(3,4)5;/h6H,1-5H3;1H4. The molecular formula is C7H20Si. The Labute approximate surface area is 57.7 Å². The van der Waals surface area contributed by atoms with Gasteiger partial charge in [-0.25, -0.2) is 0 Å². The van der Waals surface area contributed by atoms with Gasteiger partial charge in [0.15, 0.2) is 0 Å². The van der Waals surface area contributed by atoms with E-state index in [1.807, 2.05) is 0 Å². The van der Waals surface area contributed by atoms with Crippen molar-refractivity contribution < 1.29 is 0 Å². The zero-order valence-corrected chi connectivity index (χ0v) is 6.08. The molecule has 0 rings (SSSR count). The Morgan fingerprint density at radius 2 is 1.12 bits per heavy atom. The molecule has 0 saturated heterocycles. The Kier molecular flexibility index (Phi) is 4.54. The maximum absolute atomic E-state index is 2.26. The van der Waals surface area contributed by atoms with Gasteiger partial charge in [-0.05, 0) is 22.3 Å². The summed E-state index contributed by atoms with van der Waals surface area (Å²) in [6.45, 7) is 11.3. The van der Waals surface area contributed by atoms with Crippen molar-refractivity contribution in [1.29, 1.82) is 0 Å². The fourth-order valence-electron chi connectivity index (χ4n) is 0. The largest absolute Gasteiger partial charge is 0.0623 e. The lowest BCUT2D eigenvalue weighted by molar-refractivity contribution is 0.283. The first-order chi connectivity index (χ1) is 2.94. The van der Waals surface area contributed by atoms with Crippen molar-refractivity contribution in [3.8, 4) is 0 Å². The minimum Gasteiger partial charge on any atom is -0.0623 e. The molecular weight excluding hydrogens is 112 g/mol. The van der Waals surface area contributed by atoms with Crippen molar-refractivity contribution >= 4 is 11.0 Å². The van der Waals surface area contributed by atoms with Crippen molar-refractivity contribution in [2.75, 3.05) is 0 Å². The molecule has 0 aliphatic carbocycles. The van der Waals surface area contributed by atoms with Gasteiger partial charge < -0.3 is 0 Å². The van der Waals surface area contributed by atoms with E-state index in [-0.39, 0.29) is 11.0 Å². The van der Waals surface area contributed by atoms with Gasteiger partial charge in [0.2, 0.25) is 0 Å². The van der Waals surface area contributed by atoms with E-state index in [2.05, 4.69) is 34.6 Å². The SMILES string of the molecule is CC(C)C(C)(C)C.[SiH4]. The van der Waals surface area contributed by atoms with Crippen molar-refractivity contribution in [3.05, 3.63) is 0 Å². The van der Waals surface area contributed by atoms with Crippen LogP contribution in [0.2, 0.25) is 0 Å². The average Bonchev–Trinajstić information content (AvgIpc) is 1.31. The normalized spacial score (nSPS) is 11.2. The van der Waals surface area contributed by atoms with Crippen LogP contribution < -0.4 is 0 Å². The van der Waals surface area contributed by atoms with E-state index in [9.17, 15) is 0 Å². The summed E-state index contributed by atoms with van der Waals surface area (Å²) in [6.07, 6.45) is 0. The van der Waals surface area contributed by atoms with Crippen molar-refractivity contribution in [2.45, 2.75) is 34.6 Å². The van der Waals surface area contributed by atoms with Gasteiger partial charge in [0, 0.05) is 0 Å². The van der Waals surface area contributed by atoms with Crippen molar-refractivity contribution in [3.63, 3.8) is 0 Å². The summed E-state index contributed by atoms with van der Waals surface area (Å²) >= 11 is 0. The Morgan fingerprint density at radius 1 is 1.00 bits per heavy atom. The zero-order valence-electron chi connectivity index (χ0n) is 6.08. The van der Waals surface area contributed by atoms with E-state index in [0.717, 1.165) is 5.92 Å². The molecule has 0 aromatic heterocycles. The number of hydrogen-bond donors (Lipinski definition) is 0. The predicted octanol–water partition coefficient (Wildman–Crippen LogP) is 1.24. The molecule has 52 valence electrons. The lowest BCUT2D eigenvalue weighted by atomic mass is 9.84. The highest BCUT2D eigenvalue weighted by atomic mass is 28.1. The molecule has 0 nitrogen and oxygen atoms in total. The third-order valence-corrected chi connectivity index (χ3v) is 1.73. The monoisotopic (exact) mass is 132 g/mol. The van der Waals surface area contributed by atoms with Crippen LogP contribution in [0.25, 0.3) is 0 Å². The second-order valence-electron chi connectivity index (χ2n) is 3.52. The van der Waals surface area contributed by atoms with E-state index >= 15 is 0 Å². The third kappa shape index (κ3) is 4.38. The molecule has 0 saturated carbocycles. The van der Waals surface area contributed by atoms with Crippen LogP contribution in [-0.2, 0) is 0 Å². The van der Waals surface area contributed by atoms with Crippen molar-refractivity contribution in [1.82, 2.24) is 0 Å². The van der Waals surface area contributed by atoms with Gasteiger partial charge in [-0.2, -0.15) is 0 Å². The lowest BCUT2D eigenvalue weighted by Gasteiger charge is -2.22. The van der Waals surface area contributed by atoms with Gasteiger partial charge in [-0.15, -0.1) is 0 Å². The second-order valence-corrected chi connectivity index (χ2v) is 3.52. The van der Waals surface area contributed by atoms with Gasteiger partial charge >= 0.3 is 0 Å². The number of hydrogen-bond acceptors (Lipinski definition) is 0. The first-order valence-corrected chi connectivity index (χ1v) is 2.94. The summed E-state index contributed by atoms with van der Waals surface area (Å²) in [7, 11) is 0. The molecule has 0 heterocycles. The molecule has 0 amide bonds. The van der Waals surface area contributed by atoms with Crippen LogP contribution in [0.15, 0.2) is 0 Å². The van der Waals surface area contributed by atoms with Gasteiger partial charge in [0.05, 0.1) is 0 Å². The van der Waals surface area contributed by atoms with Crippen LogP contribution >= 0.6 is 0 Å². The average molecular weight is 132 g/mol. The van der Waals surface area contributed by atoms with Crippen LogP contribution in [0.5, 0.6) is 0 Å². The van der Waals surface area contributed by atoms with Gasteiger partial charge in [-0.1, -0.05) is 34.6 Å². The molecule has 0 unspecified atom stereocenters. The fourth-order valence-corrected chi connectivity index (χ4v) is 0. The Morgan fingerprint density at radius 3 is 1.12 bits per heavy atom. The van der Waals surface area contributed by atoms with Crippen LogP contribution in [0.3, 0.4) is 0 Å². The van der Waals surface area contributed by atoms with E-state index in [0.29, 0.717) is 5.41 Å². The highest BCUT2D eigenvalue weighted by Gasteiger charge is 2.13. The minimum absolute atomic E-state index is 0. The summed E-state index contributed by atoms with van der Waals surface area (Å²) in [6, 6.07) is 0. The van der Waals surface area contributed by atoms with Crippen LogP contribution in [-0.4, -0.2) is 11.0 Å².